The summed E-state index contributed by atoms with van der Waals surface area (Å²) >= 11 is 0. The number of benzene rings is 1. The number of hydrogen-bond donors (Lipinski definition) is 1. The van der Waals surface area contributed by atoms with Gasteiger partial charge in [-0.2, -0.15) is 17.5 Å². The number of carbonyl (C=O) groups is 1. The number of nitrogens with one attached hydrogen (secondary N) is 1. The van der Waals surface area contributed by atoms with Crippen molar-refractivity contribution in [2.75, 3.05) is 18.4 Å². The molecule has 0 saturated carbocycles. The molecule has 11 heteroatoms. The summed E-state index contributed by atoms with van der Waals surface area (Å²) < 4.78 is 66.5. The molecule has 3 rings (SSSR count). The lowest BCUT2D eigenvalue weighted by Gasteiger charge is -2.20. The lowest BCUT2D eigenvalue weighted by Crippen LogP contribution is -2.32. The molecule has 31 heavy (non-hydrogen) atoms. The first-order valence-corrected chi connectivity index (χ1v) is 11.2. The number of nitrogens with zero attached hydrogens (tertiary/aromatic N) is 2. The van der Waals surface area contributed by atoms with Crippen LogP contribution in [-0.4, -0.2) is 36.3 Å². The average molecular weight is 457 g/mol. The van der Waals surface area contributed by atoms with Crippen LogP contribution in [0.4, 0.5) is 18.9 Å². The summed E-state index contributed by atoms with van der Waals surface area (Å²) in [4.78, 5) is 24.3. The Balaban J connectivity index is 1.76. The quantitative estimate of drug-likeness (QED) is 0.748. The van der Waals surface area contributed by atoms with Gasteiger partial charge in [-0.3, -0.25) is 9.59 Å². The first-order chi connectivity index (χ1) is 14.6. The number of anilines is 1. The third-order valence-corrected chi connectivity index (χ3v) is 6.85. The molecule has 1 aliphatic heterocycles. The van der Waals surface area contributed by atoms with Gasteiger partial charge in [-0.1, -0.05) is 18.9 Å². The predicted octanol–water partition coefficient (Wildman–Crippen LogP) is 3.07. The minimum absolute atomic E-state index is 0.0171. The van der Waals surface area contributed by atoms with E-state index in [2.05, 4.69) is 5.32 Å². The molecular weight excluding hydrogens is 435 g/mol. The fourth-order valence-corrected chi connectivity index (χ4v) is 4.96. The minimum Gasteiger partial charge on any atom is -0.324 e. The summed E-state index contributed by atoms with van der Waals surface area (Å²) in [5, 5.41) is 2.44. The number of halogens is 3. The number of aromatic nitrogens is 1. The van der Waals surface area contributed by atoms with Gasteiger partial charge in [-0.15, -0.1) is 0 Å². The second-order valence-corrected chi connectivity index (χ2v) is 9.18. The highest BCUT2D eigenvalue weighted by Gasteiger charge is 2.34. The van der Waals surface area contributed by atoms with Gasteiger partial charge in [0.1, 0.15) is 12.1 Å². The predicted molar refractivity (Wildman–Crippen MR) is 108 cm³/mol. The summed E-state index contributed by atoms with van der Waals surface area (Å²) in [6.45, 7) is 0.209. The van der Waals surface area contributed by atoms with Crippen LogP contribution in [0.3, 0.4) is 0 Å². The standard InChI is InChI=1S/C20H22F3N3O4S/c21-20(22,23)17-9-6-10-25(19(17)28)14-18(27)24-15-7-5-8-16(13-15)31(29,30)26-11-3-1-2-4-12-26/h5-10,13H,1-4,11-12,14H2,(H,24,27). The Hall–Kier alpha value is -2.66. The van der Waals surface area contributed by atoms with Crippen LogP contribution in [0.5, 0.6) is 0 Å². The maximum atomic E-state index is 12.9. The molecule has 1 aliphatic rings. The molecule has 0 radical (unpaired) electrons. The normalized spacial score (nSPS) is 16.0. The lowest BCUT2D eigenvalue weighted by molar-refractivity contribution is -0.139. The zero-order valence-electron chi connectivity index (χ0n) is 16.6. The second-order valence-electron chi connectivity index (χ2n) is 7.25. The Labute approximate surface area is 177 Å². The molecule has 2 heterocycles. The van der Waals surface area contributed by atoms with E-state index in [0.717, 1.165) is 37.9 Å². The molecule has 168 valence electrons. The molecule has 0 spiro atoms. The van der Waals surface area contributed by atoms with Crippen LogP contribution >= 0.6 is 0 Å². The molecule has 0 aliphatic carbocycles. The van der Waals surface area contributed by atoms with Gasteiger partial charge in [0.2, 0.25) is 15.9 Å². The molecule has 1 amide bonds. The van der Waals surface area contributed by atoms with Crippen molar-refractivity contribution >= 4 is 21.6 Å². The highest BCUT2D eigenvalue weighted by molar-refractivity contribution is 7.89. The van der Waals surface area contributed by atoms with Crippen molar-refractivity contribution in [1.29, 1.82) is 0 Å². The van der Waals surface area contributed by atoms with E-state index in [0.29, 0.717) is 23.7 Å². The van der Waals surface area contributed by atoms with Crippen molar-refractivity contribution in [2.24, 2.45) is 0 Å². The van der Waals surface area contributed by atoms with E-state index in [1.54, 1.807) is 0 Å². The van der Waals surface area contributed by atoms with Crippen molar-refractivity contribution in [3.05, 3.63) is 58.5 Å². The Morgan fingerprint density at radius 1 is 1.03 bits per heavy atom. The van der Waals surface area contributed by atoms with E-state index in [1.165, 1.54) is 28.6 Å². The first kappa shape index (κ1) is 23.0. The molecular formula is C20H22F3N3O4S. The Bertz CT molecular complexity index is 1110. The molecule has 0 bridgehead atoms. The van der Waals surface area contributed by atoms with Crippen molar-refractivity contribution in [3.63, 3.8) is 0 Å². The van der Waals surface area contributed by atoms with Gasteiger partial charge in [-0.25, -0.2) is 8.42 Å². The molecule has 7 nitrogen and oxygen atoms in total. The molecule has 1 saturated heterocycles. The fourth-order valence-electron chi connectivity index (χ4n) is 3.40. The molecule has 0 atom stereocenters. The third kappa shape index (κ3) is 5.53. The van der Waals surface area contributed by atoms with Gasteiger partial charge in [0.05, 0.1) is 4.90 Å². The van der Waals surface area contributed by atoms with E-state index in [1.807, 2.05) is 0 Å². The van der Waals surface area contributed by atoms with Crippen molar-refractivity contribution in [3.8, 4) is 0 Å². The van der Waals surface area contributed by atoms with Crippen LogP contribution in [-0.2, 0) is 27.5 Å². The first-order valence-electron chi connectivity index (χ1n) is 9.76. The Morgan fingerprint density at radius 3 is 2.35 bits per heavy atom. The van der Waals surface area contributed by atoms with E-state index in [4.69, 9.17) is 0 Å². The van der Waals surface area contributed by atoms with Gasteiger partial charge in [0.25, 0.3) is 5.56 Å². The van der Waals surface area contributed by atoms with Gasteiger partial charge in [0, 0.05) is 25.0 Å². The monoisotopic (exact) mass is 457 g/mol. The molecule has 0 unspecified atom stereocenters. The van der Waals surface area contributed by atoms with Gasteiger partial charge >= 0.3 is 6.18 Å². The lowest BCUT2D eigenvalue weighted by atomic mass is 10.2. The van der Waals surface area contributed by atoms with Gasteiger partial charge < -0.3 is 9.88 Å². The van der Waals surface area contributed by atoms with Crippen molar-refractivity contribution in [1.82, 2.24) is 8.87 Å². The molecule has 1 N–H and O–H groups in total. The molecule has 1 fully saturated rings. The maximum absolute atomic E-state index is 12.9. The summed E-state index contributed by atoms with van der Waals surface area (Å²) in [6.07, 6.45) is -0.249. The summed E-state index contributed by atoms with van der Waals surface area (Å²) in [5.41, 5.74) is -2.53. The van der Waals surface area contributed by atoms with E-state index < -0.39 is 39.8 Å². The SMILES string of the molecule is O=C(Cn1cccc(C(F)(F)F)c1=O)Nc1cccc(S(=O)(=O)N2CCCCCC2)c1. The van der Waals surface area contributed by atoms with E-state index in [9.17, 15) is 31.2 Å². The van der Waals surface area contributed by atoms with E-state index in [-0.39, 0.29) is 10.6 Å². The molecule has 2 aromatic rings. The van der Waals surface area contributed by atoms with Crippen LogP contribution in [0, 0.1) is 0 Å². The number of rotatable bonds is 5. The summed E-state index contributed by atoms with van der Waals surface area (Å²) in [5.74, 6) is -0.759. The summed E-state index contributed by atoms with van der Waals surface area (Å²) in [6, 6.07) is 7.34. The number of carbonyl (C=O) groups excluding carboxylic acids is 1. The Kier molecular flexibility index (Phi) is 6.85. The number of hydrogen-bond acceptors (Lipinski definition) is 4. The molecule has 1 aromatic carbocycles. The van der Waals surface area contributed by atoms with Crippen LogP contribution in [0.25, 0.3) is 0 Å². The zero-order chi connectivity index (χ0) is 22.6. The number of pyridine rings is 1. The smallest absolute Gasteiger partial charge is 0.324 e. The maximum Gasteiger partial charge on any atom is 0.421 e. The number of sulfonamides is 1. The number of amides is 1. The van der Waals surface area contributed by atoms with Crippen LogP contribution in [0.15, 0.2) is 52.3 Å². The van der Waals surface area contributed by atoms with Crippen molar-refractivity contribution in [2.45, 2.75) is 43.3 Å². The zero-order valence-corrected chi connectivity index (χ0v) is 17.4. The van der Waals surface area contributed by atoms with Gasteiger partial charge in [-0.05, 0) is 43.2 Å². The Morgan fingerprint density at radius 2 is 1.71 bits per heavy atom. The topological polar surface area (TPSA) is 88.5 Å². The summed E-state index contributed by atoms with van der Waals surface area (Å²) in [7, 11) is -3.73. The highest BCUT2D eigenvalue weighted by atomic mass is 32.2. The average Bonchev–Trinajstić information content (AvgIpc) is 2.99. The number of alkyl halides is 3. The van der Waals surface area contributed by atoms with Crippen molar-refractivity contribution < 1.29 is 26.4 Å². The molecule has 1 aromatic heterocycles. The third-order valence-electron chi connectivity index (χ3n) is 4.96. The fraction of sp³-hybridized carbons (Fsp3) is 0.400. The van der Waals surface area contributed by atoms with Gasteiger partial charge in [0.15, 0.2) is 0 Å². The van der Waals surface area contributed by atoms with E-state index >= 15 is 0 Å². The van der Waals surface area contributed by atoms with Crippen LogP contribution in [0.2, 0.25) is 0 Å². The van der Waals surface area contributed by atoms with Crippen LogP contribution < -0.4 is 10.9 Å². The second kappa shape index (κ2) is 9.23. The van der Waals surface area contributed by atoms with Crippen LogP contribution in [0.1, 0.15) is 31.2 Å². The highest BCUT2D eigenvalue weighted by Crippen LogP contribution is 2.26. The minimum atomic E-state index is -4.83. The largest absolute Gasteiger partial charge is 0.421 e.